The maximum Gasteiger partial charge on any atom is 0.330 e. The van der Waals surface area contributed by atoms with Crippen molar-refractivity contribution in [3.05, 3.63) is 46.7 Å². The fourth-order valence-electron chi connectivity index (χ4n) is 1.90. The zero-order valence-electron chi connectivity index (χ0n) is 13.1. The summed E-state index contributed by atoms with van der Waals surface area (Å²) in [6.45, 7) is -1.01. The monoisotopic (exact) mass is 379 g/mol. The molecule has 0 saturated heterocycles. The molecule has 2 heterocycles. The van der Waals surface area contributed by atoms with Crippen LogP contribution in [0, 0.1) is 11.6 Å². The van der Waals surface area contributed by atoms with E-state index >= 15 is 0 Å². The first-order chi connectivity index (χ1) is 12.5. The first kappa shape index (κ1) is 17.6. The molecule has 8 nitrogen and oxygen atoms in total. The number of ether oxygens (including phenoxy) is 1. The average Bonchev–Trinajstić information content (AvgIpc) is 3.28. The van der Waals surface area contributed by atoms with E-state index in [1.54, 1.807) is 6.07 Å². The predicted molar refractivity (Wildman–Crippen MR) is 87.1 cm³/mol. The van der Waals surface area contributed by atoms with Gasteiger partial charge in [0, 0.05) is 17.0 Å². The minimum atomic E-state index is -0.812. The van der Waals surface area contributed by atoms with Gasteiger partial charge in [-0.05, 0) is 28.8 Å². The number of tetrazole rings is 1. The number of nitrogens with zero attached hydrogens (tertiary/aromatic N) is 4. The molecule has 1 amide bonds. The number of rotatable bonds is 6. The molecule has 0 aliphatic carbocycles. The third-order valence-corrected chi connectivity index (χ3v) is 3.75. The summed E-state index contributed by atoms with van der Waals surface area (Å²) < 4.78 is 31.2. The Labute approximate surface area is 149 Å². The van der Waals surface area contributed by atoms with Gasteiger partial charge in [-0.25, -0.2) is 13.6 Å². The maximum atomic E-state index is 13.4. The Balaban J connectivity index is 1.49. The van der Waals surface area contributed by atoms with E-state index < -0.39 is 30.1 Å². The van der Waals surface area contributed by atoms with E-state index in [-0.39, 0.29) is 12.2 Å². The Morgan fingerprint density at radius 2 is 2.12 bits per heavy atom. The van der Waals surface area contributed by atoms with Crippen molar-refractivity contribution in [1.82, 2.24) is 20.2 Å². The number of nitrogens with one attached hydrogen (secondary N) is 1. The highest BCUT2D eigenvalue weighted by atomic mass is 32.1. The summed E-state index contributed by atoms with van der Waals surface area (Å²) in [5.41, 5.74) is 0.426. The molecule has 0 aliphatic heterocycles. The molecule has 0 spiro atoms. The SMILES string of the molecule is O=C(COC(=O)Cn1nnc(-c2ccsc2)n1)Nc1cc(F)ccc1F. The van der Waals surface area contributed by atoms with E-state index in [4.69, 9.17) is 4.74 Å². The fourth-order valence-corrected chi connectivity index (χ4v) is 2.54. The number of amides is 1. The van der Waals surface area contributed by atoms with Crippen molar-refractivity contribution < 1.29 is 23.1 Å². The van der Waals surface area contributed by atoms with E-state index in [0.717, 1.165) is 28.6 Å². The number of hydrogen-bond acceptors (Lipinski definition) is 7. The van der Waals surface area contributed by atoms with Gasteiger partial charge in [-0.3, -0.25) is 4.79 Å². The number of thiophene rings is 1. The van der Waals surface area contributed by atoms with Crippen molar-refractivity contribution in [2.45, 2.75) is 6.54 Å². The van der Waals surface area contributed by atoms with Crippen LogP contribution in [0.3, 0.4) is 0 Å². The van der Waals surface area contributed by atoms with Crippen LogP contribution < -0.4 is 5.32 Å². The highest BCUT2D eigenvalue weighted by Crippen LogP contribution is 2.16. The molecule has 0 saturated carbocycles. The number of hydrogen-bond donors (Lipinski definition) is 1. The van der Waals surface area contributed by atoms with Gasteiger partial charge in [0.2, 0.25) is 5.82 Å². The van der Waals surface area contributed by atoms with Crippen molar-refractivity contribution >= 4 is 28.9 Å². The lowest BCUT2D eigenvalue weighted by atomic mass is 10.3. The lowest BCUT2D eigenvalue weighted by molar-refractivity contribution is -0.148. The van der Waals surface area contributed by atoms with Crippen molar-refractivity contribution in [3.63, 3.8) is 0 Å². The van der Waals surface area contributed by atoms with Gasteiger partial charge in [0.05, 0.1) is 5.69 Å². The molecule has 0 unspecified atom stereocenters. The van der Waals surface area contributed by atoms with Crippen LogP contribution in [0.5, 0.6) is 0 Å². The van der Waals surface area contributed by atoms with Gasteiger partial charge < -0.3 is 10.1 Å². The summed E-state index contributed by atoms with van der Waals surface area (Å²) in [5, 5.41) is 17.3. The number of esters is 1. The molecule has 134 valence electrons. The Kier molecular flexibility index (Phi) is 5.27. The predicted octanol–water partition coefficient (Wildman–Crippen LogP) is 1.86. The van der Waals surface area contributed by atoms with Crippen molar-refractivity contribution in [3.8, 4) is 11.4 Å². The topological polar surface area (TPSA) is 99.0 Å². The summed E-state index contributed by atoms with van der Waals surface area (Å²) >= 11 is 1.47. The van der Waals surface area contributed by atoms with Gasteiger partial charge in [-0.2, -0.15) is 16.1 Å². The number of halogens is 2. The molecule has 26 heavy (non-hydrogen) atoms. The van der Waals surface area contributed by atoms with E-state index in [9.17, 15) is 18.4 Å². The lowest BCUT2D eigenvalue weighted by Gasteiger charge is -2.07. The van der Waals surface area contributed by atoms with Crippen LogP contribution in [0.4, 0.5) is 14.5 Å². The van der Waals surface area contributed by atoms with Gasteiger partial charge in [0.25, 0.3) is 5.91 Å². The van der Waals surface area contributed by atoms with Crippen molar-refractivity contribution in [2.24, 2.45) is 0 Å². The summed E-state index contributed by atoms with van der Waals surface area (Å²) in [7, 11) is 0. The molecule has 0 aliphatic rings. The molecular formula is C15H11F2N5O3S. The van der Waals surface area contributed by atoms with Crippen LogP contribution in [-0.2, 0) is 20.9 Å². The molecule has 0 fully saturated rings. The number of anilines is 1. The smallest absolute Gasteiger partial charge is 0.330 e. The lowest BCUT2D eigenvalue weighted by Crippen LogP contribution is -2.24. The van der Waals surface area contributed by atoms with Crippen LogP contribution >= 0.6 is 11.3 Å². The van der Waals surface area contributed by atoms with Crippen molar-refractivity contribution in [2.75, 3.05) is 11.9 Å². The fraction of sp³-hybridized carbons (Fsp3) is 0.133. The third kappa shape index (κ3) is 4.45. The van der Waals surface area contributed by atoms with Crippen LogP contribution in [0.15, 0.2) is 35.0 Å². The molecule has 1 N–H and O–H groups in total. The van der Waals surface area contributed by atoms with Crippen molar-refractivity contribution in [1.29, 1.82) is 0 Å². The first-order valence-corrected chi connectivity index (χ1v) is 8.16. The second-order valence-electron chi connectivity index (χ2n) is 4.99. The molecule has 11 heteroatoms. The van der Waals surface area contributed by atoms with Gasteiger partial charge in [-0.15, -0.1) is 10.2 Å². The number of benzene rings is 1. The van der Waals surface area contributed by atoms with Crippen LogP contribution in [-0.4, -0.2) is 38.7 Å². The van der Waals surface area contributed by atoms with Crippen LogP contribution in [0.2, 0.25) is 0 Å². The second-order valence-corrected chi connectivity index (χ2v) is 5.77. The molecular weight excluding hydrogens is 368 g/mol. The highest BCUT2D eigenvalue weighted by molar-refractivity contribution is 7.08. The average molecular weight is 379 g/mol. The molecule has 0 radical (unpaired) electrons. The van der Waals surface area contributed by atoms with Crippen LogP contribution in [0.25, 0.3) is 11.4 Å². The van der Waals surface area contributed by atoms with E-state index in [2.05, 4.69) is 20.7 Å². The molecule has 1 aromatic carbocycles. The molecule has 2 aromatic heterocycles. The number of carbonyl (C=O) groups is 2. The van der Waals surface area contributed by atoms with E-state index in [1.807, 2.05) is 10.8 Å². The summed E-state index contributed by atoms with van der Waals surface area (Å²) in [4.78, 5) is 24.4. The Morgan fingerprint density at radius 1 is 1.27 bits per heavy atom. The Bertz CT molecular complexity index is 929. The number of aromatic nitrogens is 4. The van der Waals surface area contributed by atoms with Gasteiger partial charge in [-0.1, -0.05) is 0 Å². The van der Waals surface area contributed by atoms with E-state index in [0.29, 0.717) is 5.82 Å². The normalized spacial score (nSPS) is 10.5. The summed E-state index contributed by atoms with van der Waals surface area (Å²) in [6, 6.07) is 4.42. The largest absolute Gasteiger partial charge is 0.454 e. The Morgan fingerprint density at radius 3 is 2.88 bits per heavy atom. The molecule has 0 bridgehead atoms. The molecule has 3 rings (SSSR count). The minimum Gasteiger partial charge on any atom is -0.454 e. The molecule has 3 aromatic rings. The zero-order chi connectivity index (χ0) is 18.5. The molecule has 0 atom stereocenters. The minimum absolute atomic E-state index is 0.343. The quantitative estimate of drug-likeness (QED) is 0.657. The summed E-state index contributed by atoms with van der Waals surface area (Å²) in [5.74, 6) is -2.75. The first-order valence-electron chi connectivity index (χ1n) is 7.22. The third-order valence-electron chi connectivity index (χ3n) is 3.07. The highest BCUT2D eigenvalue weighted by Gasteiger charge is 2.13. The summed E-state index contributed by atoms with van der Waals surface area (Å²) in [6.07, 6.45) is 0. The Hall–Kier alpha value is -3.21. The van der Waals surface area contributed by atoms with E-state index in [1.165, 1.54) is 11.3 Å². The van der Waals surface area contributed by atoms with Gasteiger partial charge >= 0.3 is 5.97 Å². The van der Waals surface area contributed by atoms with Crippen LogP contribution in [0.1, 0.15) is 0 Å². The van der Waals surface area contributed by atoms with Gasteiger partial charge in [0.1, 0.15) is 11.6 Å². The second kappa shape index (κ2) is 7.78. The van der Waals surface area contributed by atoms with Gasteiger partial charge in [0.15, 0.2) is 13.2 Å². The standard InChI is InChI=1S/C15H11F2N5O3S/c16-10-1-2-11(17)12(5-10)18-13(23)7-25-14(24)6-22-20-15(19-21-22)9-3-4-26-8-9/h1-5,8H,6-7H2,(H,18,23). The zero-order valence-corrected chi connectivity index (χ0v) is 13.9. The number of carbonyl (C=O) groups excluding carboxylic acids is 2. The maximum absolute atomic E-state index is 13.4.